The number of halogens is 2. The molecule has 1 N–H and O–H groups in total. The van der Waals surface area contributed by atoms with Gasteiger partial charge in [0.1, 0.15) is 17.4 Å². The van der Waals surface area contributed by atoms with Crippen LogP contribution in [0.15, 0.2) is 42.5 Å². The molecule has 1 heterocycles. The van der Waals surface area contributed by atoms with Crippen LogP contribution in [0.3, 0.4) is 0 Å². The van der Waals surface area contributed by atoms with Gasteiger partial charge in [0, 0.05) is 24.6 Å². The van der Waals surface area contributed by atoms with E-state index in [1.165, 1.54) is 23.1 Å². The van der Waals surface area contributed by atoms with Crippen molar-refractivity contribution in [3.8, 4) is 5.75 Å². The summed E-state index contributed by atoms with van der Waals surface area (Å²) in [5.74, 6) is -1.18. The van der Waals surface area contributed by atoms with Crippen LogP contribution in [0.2, 0.25) is 0 Å². The van der Waals surface area contributed by atoms with E-state index in [1.54, 1.807) is 32.0 Å². The van der Waals surface area contributed by atoms with Crippen molar-refractivity contribution in [3.05, 3.63) is 59.7 Å². The Hall–Kier alpha value is -2.96. The summed E-state index contributed by atoms with van der Waals surface area (Å²) in [6.45, 7) is 3.54. The molecule has 0 fully saturated rings. The maximum absolute atomic E-state index is 13.8. The number of carbonyl (C=O) groups is 2. The number of carbonyl (C=O) groups excluding carboxylic acids is 2. The Morgan fingerprint density at radius 1 is 1.18 bits per heavy atom. The molecular formula is C21H22F2N2O3. The van der Waals surface area contributed by atoms with Crippen LogP contribution in [-0.4, -0.2) is 30.5 Å². The van der Waals surface area contributed by atoms with Crippen molar-refractivity contribution >= 4 is 17.5 Å². The number of para-hydroxylation sites is 2. The molecule has 2 atom stereocenters. The molecule has 0 aromatic heterocycles. The molecule has 2 amide bonds. The highest BCUT2D eigenvalue weighted by atomic mass is 19.1. The van der Waals surface area contributed by atoms with Crippen molar-refractivity contribution in [1.82, 2.24) is 5.32 Å². The first kappa shape index (κ1) is 19.8. The first-order chi connectivity index (χ1) is 13.4. The maximum atomic E-state index is 13.8. The summed E-state index contributed by atoms with van der Waals surface area (Å²) in [4.78, 5) is 26.2. The average Bonchev–Trinajstić information content (AvgIpc) is 2.65. The van der Waals surface area contributed by atoms with Gasteiger partial charge in [-0.15, -0.1) is 0 Å². The summed E-state index contributed by atoms with van der Waals surface area (Å²) in [7, 11) is 0. The molecule has 0 saturated heterocycles. The molecule has 1 aliphatic rings. The zero-order chi connectivity index (χ0) is 20.3. The molecule has 0 bridgehead atoms. The Morgan fingerprint density at radius 3 is 2.57 bits per heavy atom. The van der Waals surface area contributed by atoms with Gasteiger partial charge in [-0.05, 0) is 44.5 Å². The summed E-state index contributed by atoms with van der Waals surface area (Å²) >= 11 is 0. The molecule has 0 spiro atoms. The normalized spacial score (nSPS) is 16.9. The number of hydrogen-bond acceptors (Lipinski definition) is 3. The molecule has 2 aromatic rings. The van der Waals surface area contributed by atoms with E-state index in [9.17, 15) is 18.4 Å². The van der Waals surface area contributed by atoms with Gasteiger partial charge in [0.15, 0.2) is 6.10 Å². The number of ether oxygens (including phenoxy) is 1. The lowest BCUT2D eigenvalue weighted by Crippen LogP contribution is -2.46. The van der Waals surface area contributed by atoms with Crippen molar-refractivity contribution in [3.63, 3.8) is 0 Å². The smallest absolute Gasteiger partial charge is 0.267 e. The molecule has 7 heteroatoms. The number of fused-ring (bicyclic) bond motifs is 1. The van der Waals surface area contributed by atoms with Crippen LogP contribution >= 0.6 is 0 Å². The predicted molar refractivity (Wildman–Crippen MR) is 101 cm³/mol. The number of amides is 2. The highest BCUT2D eigenvalue weighted by Gasteiger charge is 2.31. The fourth-order valence-electron chi connectivity index (χ4n) is 3.23. The predicted octanol–water partition coefficient (Wildman–Crippen LogP) is 3.22. The van der Waals surface area contributed by atoms with Crippen LogP contribution in [0, 0.1) is 11.6 Å². The third-order valence-corrected chi connectivity index (χ3v) is 4.62. The van der Waals surface area contributed by atoms with E-state index in [0.717, 1.165) is 0 Å². The largest absolute Gasteiger partial charge is 0.479 e. The van der Waals surface area contributed by atoms with Gasteiger partial charge in [-0.3, -0.25) is 9.59 Å². The minimum Gasteiger partial charge on any atom is -0.479 e. The molecule has 28 heavy (non-hydrogen) atoms. The van der Waals surface area contributed by atoms with Gasteiger partial charge in [-0.25, -0.2) is 8.78 Å². The summed E-state index contributed by atoms with van der Waals surface area (Å²) in [5, 5.41) is 2.73. The Labute approximate surface area is 162 Å². The van der Waals surface area contributed by atoms with Gasteiger partial charge in [-0.1, -0.05) is 18.2 Å². The summed E-state index contributed by atoms with van der Waals surface area (Å²) in [6.07, 6.45) is -0.516. The lowest BCUT2D eigenvalue weighted by atomic mass is 10.1. The number of nitrogens with one attached hydrogen (secondary N) is 1. The van der Waals surface area contributed by atoms with Crippen LogP contribution in [0.5, 0.6) is 5.75 Å². The van der Waals surface area contributed by atoms with Gasteiger partial charge < -0.3 is 15.0 Å². The lowest BCUT2D eigenvalue weighted by molar-refractivity contribution is -0.125. The molecule has 0 saturated carbocycles. The van der Waals surface area contributed by atoms with Gasteiger partial charge in [-0.2, -0.15) is 0 Å². The van der Waals surface area contributed by atoms with Crippen molar-refractivity contribution in [1.29, 1.82) is 0 Å². The van der Waals surface area contributed by atoms with E-state index in [0.29, 0.717) is 11.4 Å². The van der Waals surface area contributed by atoms with E-state index >= 15 is 0 Å². The van der Waals surface area contributed by atoms with Crippen molar-refractivity contribution < 1.29 is 23.1 Å². The minimum atomic E-state index is -0.634. The summed E-state index contributed by atoms with van der Waals surface area (Å²) < 4.78 is 33.1. The molecule has 1 aliphatic heterocycles. The quantitative estimate of drug-likeness (QED) is 0.827. The van der Waals surface area contributed by atoms with Crippen LogP contribution in [0.25, 0.3) is 0 Å². The highest BCUT2D eigenvalue weighted by molar-refractivity contribution is 6.00. The molecule has 0 aliphatic carbocycles. The zero-order valence-electron chi connectivity index (χ0n) is 15.7. The molecule has 0 radical (unpaired) electrons. The Bertz CT molecular complexity index is 867. The van der Waals surface area contributed by atoms with Crippen molar-refractivity contribution in [2.75, 3.05) is 11.4 Å². The Balaban J connectivity index is 1.59. The standard InChI is InChI=1S/C21H22F2N2O3/c1-13(12-15-16(22)6-5-7-17(15)23)24-20(26)10-11-25-18-8-3-4-9-19(18)28-14(2)21(25)27/h3-9,13-14H,10-12H2,1-2H3,(H,24,26). The number of nitrogens with zero attached hydrogens (tertiary/aromatic N) is 1. The molecule has 2 aromatic carbocycles. The molecule has 2 unspecified atom stereocenters. The Morgan fingerprint density at radius 2 is 1.86 bits per heavy atom. The summed E-state index contributed by atoms with van der Waals surface area (Å²) in [6, 6.07) is 10.4. The second kappa shape index (κ2) is 8.37. The van der Waals surface area contributed by atoms with Crippen LogP contribution < -0.4 is 15.0 Å². The first-order valence-corrected chi connectivity index (χ1v) is 9.16. The van der Waals surface area contributed by atoms with Gasteiger partial charge in [0.2, 0.25) is 5.91 Å². The van der Waals surface area contributed by atoms with Crippen LogP contribution in [0.1, 0.15) is 25.8 Å². The van der Waals surface area contributed by atoms with Crippen molar-refractivity contribution in [2.24, 2.45) is 0 Å². The van der Waals surface area contributed by atoms with Crippen LogP contribution in [-0.2, 0) is 16.0 Å². The Kier molecular flexibility index (Phi) is 5.92. The number of hydrogen-bond donors (Lipinski definition) is 1. The van der Waals surface area contributed by atoms with E-state index < -0.39 is 23.8 Å². The first-order valence-electron chi connectivity index (χ1n) is 9.16. The maximum Gasteiger partial charge on any atom is 0.267 e. The second-order valence-corrected chi connectivity index (χ2v) is 6.84. The van der Waals surface area contributed by atoms with E-state index in [4.69, 9.17) is 4.74 Å². The van der Waals surface area contributed by atoms with Gasteiger partial charge >= 0.3 is 0 Å². The summed E-state index contributed by atoms with van der Waals surface area (Å²) in [5.41, 5.74) is 0.571. The lowest BCUT2D eigenvalue weighted by Gasteiger charge is -2.32. The van der Waals surface area contributed by atoms with Gasteiger partial charge in [0.25, 0.3) is 5.91 Å². The fourth-order valence-corrected chi connectivity index (χ4v) is 3.23. The third-order valence-electron chi connectivity index (χ3n) is 4.62. The molecule has 3 rings (SSSR count). The minimum absolute atomic E-state index is 0.0423. The van der Waals surface area contributed by atoms with E-state index in [-0.39, 0.29) is 36.8 Å². The molecular weight excluding hydrogens is 366 g/mol. The van der Waals surface area contributed by atoms with Gasteiger partial charge in [0.05, 0.1) is 5.69 Å². The monoisotopic (exact) mass is 388 g/mol. The van der Waals surface area contributed by atoms with E-state index in [1.807, 2.05) is 6.07 Å². The second-order valence-electron chi connectivity index (χ2n) is 6.84. The number of anilines is 1. The number of benzene rings is 2. The average molecular weight is 388 g/mol. The fraction of sp³-hybridized carbons (Fsp3) is 0.333. The zero-order valence-corrected chi connectivity index (χ0v) is 15.7. The third kappa shape index (κ3) is 4.30. The van der Waals surface area contributed by atoms with Crippen LogP contribution in [0.4, 0.5) is 14.5 Å². The molecule has 5 nitrogen and oxygen atoms in total. The SMILES string of the molecule is CC(Cc1c(F)cccc1F)NC(=O)CCN1C(=O)C(C)Oc2ccccc21. The highest BCUT2D eigenvalue weighted by Crippen LogP contribution is 2.33. The number of rotatable bonds is 6. The molecule has 148 valence electrons. The van der Waals surface area contributed by atoms with Crippen molar-refractivity contribution in [2.45, 2.75) is 38.8 Å². The topological polar surface area (TPSA) is 58.6 Å². The van der Waals surface area contributed by atoms with E-state index in [2.05, 4.69) is 5.32 Å².